The number of nitrogens with zero attached hydrogens (tertiary/aromatic N) is 3. The molecule has 0 aliphatic heterocycles. The van der Waals surface area contributed by atoms with E-state index in [0.29, 0.717) is 27.8 Å². The van der Waals surface area contributed by atoms with Crippen molar-refractivity contribution in [2.75, 3.05) is 16.8 Å². The quantitative estimate of drug-likeness (QED) is 0.284. The topological polar surface area (TPSA) is 125 Å². The number of carbonyl (C=O) groups excluding carboxylic acids is 1. The zero-order valence-corrected chi connectivity index (χ0v) is 20.0. The molecule has 4 rings (SSSR count). The van der Waals surface area contributed by atoms with Crippen LogP contribution in [0.4, 0.5) is 11.5 Å². The minimum absolute atomic E-state index is 0.0691. The number of aromatic nitrogens is 1. The average molecular weight is 498 g/mol. The molecule has 4 aromatic rings. The first-order valence-electron chi connectivity index (χ1n) is 10.5. The van der Waals surface area contributed by atoms with E-state index in [1.807, 2.05) is 47.8 Å². The molecule has 2 aromatic heterocycles. The zero-order valence-electron chi connectivity index (χ0n) is 18.4. The summed E-state index contributed by atoms with van der Waals surface area (Å²) in [5.41, 5.74) is 7.63. The van der Waals surface area contributed by atoms with Crippen molar-refractivity contribution >= 4 is 40.5 Å². The van der Waals surface area contributed by atoms with Crippen molar-refractivity contribution in [3.8, 4) is 34.1 Å². The highest BCUT2D eigenvalue weighted by atomic mass is 32.2. The monoisotopic (exact) mass is 497 g/mol. The number of nitrogen functional groups attached to an aromatic ring is 1. The van der Waals surface area contributed by atoms with Crippen molar-refractivity contribution in [3.05, 3.63) is 83.2 Å². The molecule has 35 heavy (non-hydrogen) atoms. The fourth-order valence-electron chi connectivity index (χ4n) is 3.26. The largest absolute Gasteiger partial charge is 0.457 e. The van der Waals surface area contributed by atoms with Crippen molar-refractivity contribution in [1.82, 2.24) is 4.98 Å². The van der Waals surface area contributed by atoms with Gasteiger partial charge in [0.15, 0.2) is 0 Å². The minimum atomic E-state index is -0.173. The van der Waals surface area contributed by atoms with Gasteiger partial charge in [-0.15, -0.1) is 23.1 Å². The highest BCUT2D eigenvalue weighted by molar-refractivity contribution is 7.99. The lowest BCUT2D eigenvalue weighted by Crippen LogP contribution is -2.12. The van der Waals surface area contributed by atoms with Crippen molar-refractivity contribution in [1.29, 1.82) is 10.5 Å². The van der Waals surface area contributed by atoms with Crippen LogP contribution in [0.3, 0.4) is 0 Å². The van der Waals surface area contributed by atoms with E-state index in [0.717, 1.165) is 10.6 Å². The normalized spacial score (nSPS) is 10.2. The molecule has 7 nitrogen and oxygen atoms in total. The number of thioether (sulfide) groups is 1. The molecular formula is C26H19N5O2S2. The van der Waals surface area contributed by atoms with Crippen LogP contribution in [0, 0.1) is 22.7 Å². The maximum atomic E-state index is 12.4. The van der Waals surface area contributed by atoms with E-state index in [4.69, 9.17) is 10.5 Å². The molecule has 0 unspecified atom stereocenters. The highest BCUT2D eigenvalue weighted by Crippen LogP contribution is 2.37. The highest BCUT2D eigenvalue weighted by Gasteiger charge is 2.21. The first kappa shape index (κ1) is 23.8. The van der Waals surface area contributed by atoms with E-state index in [1.54, 1.807) is 24.3 Å². The molecule has 1 amide bonds. The van der Waals surface area contributed by atoms with Gasteiger partial charge in [-0.1, -0.05) is 24.3 Å². The first-order valence-corrected chi connectivity index (χ1v) is 12.4. The molecule has 9 heteroatoms. The molecule has 0 radical (unpaired) electrons. The van der Waals surface area contributed by atoms with Crippen molar-refractivity contribution in [2.24, 2.45) is 0 Å². The summed E-state index contributed by atoms with van der Waals surface area (Å²) in [6, 6.07) is 24.4. The van der Waals surface area contributed by atoms with Crippen molar-refractivity contribution in [2.45, 2.75) is 11.4 Å². The Kier molecular flexibility index (Phi) is 7.63. The summed E-state index contributed by atoms with van der Waals surface area (Å²) in [5, 5.41) is 24.5. The van der Waals surface area contributed by atoms with Gasteiger partial charge in [0, 0.05) is 28.3 Å². The molecule has 0 atom stereocenters. The van der Waals surface area contributed by atoms with E-state index in [2.05, 4.69) is 22.4 Å². The summed E-state index contributed by atoms with van der Waals surface area (Å²) in [6.45, 7) is 0. The number of nitrogens with two attached hydrogens (primary N) is 1. The third kappa shape index (κ3) is 5.79. The molecular weight excluding hydrogens is 478 g/mol. The summed E-state index contributed by atoms with van der Waals surface area (Å²) < 4.78 is 5.76. The zero-order chi connectivity index (χ0) is 24.6. The van der Waals surface area contributed by atoms with E-state index in [-0.39, 0.29) is 29.3 Å². The Morgan fingerprint density at radius 3 is 2.37 bits per heavy atom. The van der Waals surface area contributed by atoms with Crippen LogP contribution in [0.15, 0.2) is 77.1 Å². The maximum absolute atomic E-state index is 12.4. The summed E-state index contributed by atoms with van der Waals surface area (Å²) >= 11 is 2.68. The molecule has 2 heterocycles. The standard InChI is InChI=1S/C26H19N5O2S2/c27-15-20-24(22-7-4-13-34-22)21(16-28)26(31-25(20)29)35-14-12-23(32)30-17-8-10-19(11-9-17)33-18-5-2-1-3-6-18/h1-11,13H,12,14H2,(H2,29,31)(H,30,32). The van der Waals surface area contributed by atoms with Crippen LogP contribution in [0.1, 0.15) is 17.5 Å². The summed E-state index contributed by atoms with van der Waals surface area (Å²) in [6.07, 6.45) is 0.202. The Morgan fingerprint density at radius 1 is 1.00 bits per heavy atom. The van der Waals surface area contributed by atoms with Gasteiger partial charge in [-0.3, -0.25) is 4.79 Å². The Balaban J connectivity index is 1.38. The number of para-hydroxylation sites is 1. The van der Waals surface area contributed by atoms with Gasteiger partial charge < -0.3 is 15.8 Å². The van der Waals surface area contributed by atoms with Gasteiger partial charge in [-0.05, 0) is 47.8 Å². The van der Waals surface area contributed by atoms with E-state index in [1.165, 1.54) is 23.1 Å². The van der Waals surface area contributed by atoms with Crippen LogP contribution in [0.2, 0.25) is 0 Å². The molecule has 2 aromatic carbocycles. The average Bonchev–Trinajstić information content (AvgIpc) is 3.40. The summed E-state index contributed by atoms with van der Waals surface area (Å²) in [4.78, 5) is 17.5. The smallest absolute Gasteiger partial charge is 0.225 e. The molecule has 0 spiro atoms. The molecule has 0 aliphatic carbocycles. The molecule has 0 bridgehead atoms. The van der Waals surface area contributed by atoms with Crippen molar-refractivity contribution in [3.63, 3.8) is 0 Å². The SMILES string of the molecule is N#Cc1c(N)nc(SCCC(=O)Nc2ccc(Oc3ccccc3)cc2)c(C#N)c1-c1cccs1. The number of nitriles is 2. The van der Waals surface area contributed by atoms with Crippen LogP contribution >= 0.6 is 23.1 Å². The lowest BCUT2D eigenvalue weighted by atomic mass is 10.0. The number of hydrogen-bond donors (Lipinski definition) is 2. The Morgan fingerprint density at radius 2 is 1.71 bits per heavy atom. The van der Waals surface area contributed by atoms with Gasteiger partial charge in [0.2, 0.25) is 5.91 Å². The van der Waals surface area contributed by atoms with Gasteiger partial charge >= 0.3 is 0 Å². The second kappa shape index (κ2) is 11.2. The Hall–Kier alpha value is -4.31. The summed E-state index contributed by atoms with van der Waals surface area (Å²) in [7, 11) is 0. The number of thiophene rings is 1. The number of rotatable bonds is 8. The number of pyridine rings is 1. The number of anilines is 2. The Bertz CT molecular complexity index is 1410. The fraction of sp³-hybridized carbons (Fsp3) is 0.0769. The molecule has 0 fully saturated rings. The van der Waals surface area contributed by atoms with Crippen LogP contribution in [0.25, 0.3) is 10.4 Å². The van der Waals surface area contributed by atoms with Gasteiger partial charge in [0.1, 0.15) is 40.0 Å². The number of ether oxygens (including phenoxy) is 1. The van der Waals surface area contributed by atoms with E-state index >= 15 is 0 Å². The van der Waals surface area contributed by atoms with Crippen molar-refractivity contribution < 1.29 is 9.53 Å². The van der Waals surface area contributed by atoms with Crippen LogP contribution < -0.4 is 15.8 Å². The second-order valence-corrected chi connectivity index (χ2v) is 9.25. The van der Waals surface area contributed by atoms with Crippen LogP contribution in [-0.2, 0) is 4.79 Å². The minimum Gasteiger partial charge on any atom is -0.457 e. The third-order valence-electron chi connectivity index (χ3n) is 4.87. The lowest BCUT2D eigenvalue weighted by Gasteiger charge is -2.11. The fourth-order valence-corrected chi connectivity index (χ4v) is 4.98. The predicted molar refractivity (Wildman–Crippen MR) is 138 cm³/mol. The lowest BCUT2D eigenvalue weighted by molar-refractivity contribution is -0.115. The summed E-state index contributed by atoms with van der Waals surface area (Å²) in [5.74, 6) is 1.68. The third-order valence-corrected chi connectivity index (χ3v) is 6.73. The predicted octanol–water partition coefficient (Wildman–Crippen LogP) is 6.05. The van der Waals surface area contributed by atoms with Gasteiger partial charge in [-0.2, -0.15) is 10.5 Å². The van der Waals surface area contributed by atoms with Crippen LogP contribution in [-0.4, -0.2) is 16.6 Å². The number of hydrogen-bond acceptors (Lipinski definition) is 8. The molecule has 0 aliphatic rings. The molecule has 3 N–H and O–H groups in total. The second-order valence-electron chi connectivity index (χ2n) is 7.21. The maximum Gasteiger partial charge on any atom is 0.225 e. The number of amides is 1. The molecule has 172 valence electrons. The number of benzene rings is 2. The van der Waals surface area contributed by atoms with Gasteiger partial charge in [-0.25, -0.2) is 4.98 Å². The molecule has 0 saturated carbocycles. The van der Waals surface area contributed by atoms with E-state index in [9.17, 15) is 15.3 Å². The van der Waals surface area contributed by atoms with Gasteiger partial charge in [0.25, 0.3) is 0 Å². The Labute approximate surface area is 210 Å². The van der Waals surface area contributed by atoms with Gasteiger partial charge in [0.05, 0.1) is 5.56 Å². The number of carbonyl (C=O) groups is 1. The first-order chi connectivity index (χ1) is 17.1. The number of nitrogens with one attached hydrogen (secondary N) is 1. The molecule has 0 saturated heterocycles. The van der Waals surface area contributed by atoms with E-state index < -0.39 is 0 Å². The van der Waals surface area contributed by atoms with Crippen LogP contribution in [0.5, 0.6) is 11.5 Å².